The number of hydrogen-bond acceptors (Lipinski definition) is 4. The third-order valence-electron chi connectivity index (χ3n) is 2.10. The smallest absolute Gasteiger partial charge is 0.146 e. The van der Waals surface area contributed by atoms with Crippen LogP contribution in [0.5, 0.6) is 0 Å². The third kappa shape index (κ3) is 3.43. The molecule has 0 aromatic carbocycles. The molecule has 0 amide bonds. The van der Waals surface area contributed by atoms with Crippen molar-refractivity contribution in [1.82, 2.24) is 9.97 Å². The summed E-state index contributed by atoms with van der Waals surface area (Å²) >= 11 is 3.43. The van der Waals surface area contributed by atoms with E-state index in [-0.39, 0.29) is 6.61 Å². The van der Waals surface area contributed by atoms with E-state index in [4.69, 9.17) is 5.11 Å². The lowest BCUT2D eigenvalue weighted by Crippen LogP contribution is -2.33. The molecule has 0 atom stereocenters. The largest absolute Gasteiger partial charge is 0.396 e. The maximum absolute atomic E-state index is 8.84. The summed E-state index contributed by atoms with van der Waals surface area (Å²) < 4.78 is 0.886. The Morgan fingerprint density at radius 3 is 2.80 bits per heavy atom. The van der Waals surface area contributed by atoms with Crippen molar-refractivity contribution in [1.29, 1.82) is 0 Å². The standard InChI is InChI=1S/C10H16BrN3O/c1-8(2)14(4-3-5-15)10-9(11)6-12-7-13-10/h6-8,15H,3-5H2,1-2H3. The van der Waals surface area contributed by atoms with Gasteiger partial charge in [0.05, 0.1) is 4.47 Å². The van der Waals surface area contributed by atoms with E-state index in [0.29, 0.717) is 6.04 Å². The Hall–Kier alpha value is -0.680. The lowest BCUT2D eigenvalue weighted by molar-refractivity contribution is 0.288. The number of hydrogen-bond donors (Lipinski definition) is 1. The van der Waals surface area contributed by atoms with Gasteiger partial charge in [-0.05, 0) is 36.2 Å². The van der Waals surface area contributed by atoms with E-state index < -0.39 is 0 Å². The minimum absolute atomic E-state index is 0.200. The summed E-state index contributed by atoms with van der Waals surface area (Å²) in [5, 5.41) is 8.84. The fraction of sp³-hybridized carbons (Fsp3) is 0.600. The van der Waals surface area contributed by atoms with E-state index in [1.54, 1.807) is 6.20 Å². The van der Waals surface area contributed by atoms with E-state index in [1.165, 1.54) is 6.33 Å². The summed E-state index contributed by atoms with van der Waals surface area (Å²) in [7, 11) is 0. The maximum Gasteiger partial charge on any atom is 0.146 e. The Morgan fingerprint density at radius 2 is 2.27 bits per heavy atom. The molecule has 0 aliphatic rings. The van der Waals surface area contributed by atoms with Crippen LogP contribution in [0.1, 0.15) is 20.3 Å². The van der Waals surface area contributed by atoms with Crippen molar-refractivity contribution in [2.24, 2.45) is 0 Å². The van der Waals surface area contributed by atoms with E-state index in [1.807, 2.05) is 0 Å². The second-order valence-corrected chi connectivity index (χ2v) is 4.41. The predicted molar refractivity (Wildman–Crippen MR) is 63.9 cm³/mol. The molecule has 1 rings (SSSR count). The molecule has 1 aromatic heterocycles. The zero-order valence-corrected chi connectivity index (χ0v) is 10.6. The first-order valence-corrected chi connectivity index (χ1v) is 5.79. The fourth-order valence-electron chi connectivity index (χ4n) is 1.37. The van der Waals surface area contributed by atoms with Crippen LogP contribution in [-0.2, 0) is 0 Å². The van der Waals surface area contributed by atoms with Crippen LogP contribution in [0.2, 0.25) is 0 Å². The van der Waals surface area contributed by atoms with Gasteiger partial charge in [-0.2, -0.15) is 0 Å². The van der Waals surface area contributed by atoms with Gasteiger partial charge in [-0.1, -0.05) is 0 Å². The van der Waals surface area contributed by atoms with Crippen LogP contribution in [-0.4, -0.2) is 34.3 Å². The number of aliphatic hydroxyl groups excluding tert-OH is 1. The highest BCUT2D eigenvalue weighted by Gasteiger charge is 2.14. The molecule has 0 unspecified atom stereocenters. The number of aliphatic hydroxyl groups is 1. The average molecular weight is 274 g/mol. The summed E-state index contributed by atoms with van der Waals surface area (Å²) in [5.41, 5.74) is 0. The van der Waals surface area contributed by atoms with Crippen LogP contribution in [0, 0.1) is 0 Å². The van der Waals surface area contributed by atoms with Crippen LogP contribution in [0.4, 0.5) is 5.82 Å². The van der Waals surface area contributed by atoms with Crippen molar-refractivity contribution in [2.75, 3.05) is 18.1 Å². The molecule has 1 heterocycles. The van der Waals surface area contributed by atoms with Crippen LogP contribution >= 0.6 is 15.9 Å². The highest BCUT2D eigenvalue weighted by Crippen LogP contribution is 2.23. The zero-order valence-electron chi connectivity index (χ0n) is 9.02. The molecule has 1 N–H and O–H groups in total. The molecule has 15 heavy (non-hydrogen) atoms. The number of anilines is 1. The minimum Gasteiger partial charge on any atom is -0.396 e. The zero-order chi connectivity index (χ0) is 11.3. The second kappa shape index (κ2) is 6.02. The highest BCUT2D eigenvalue weighted by atomic mass is 79.9. The van der Waals surface area contributed by atoms with Crippen molar-refractivity contribution in [3.8, 4) is 0 Å². The molecular weight excluding hydrogens is 258 g/mol. The first-order valence-electron chi connectivity index (χ1n) is 4.99. The van der Waals surface area contributed by atoms with Crippen molar-refractivity contribution >= 4 is 21.7 Å². The maximum atomic E-state index is 8.84. The molecular formula is C10H16BrN3O. The van der Waals surface area contributed by atoms with Gasteiger partial charge in [0.25, 0.3) is 0 Å². The van der Waals surface area contributed by atoms with E-state index >= 15 is 0 Å². The summed E-state index contributed by atoms with van der Waals surface area (Å²) in [4.78, 5) is 10.3. The Kier molecular flexibility index (Phi) is 4.98. The molecule has 0 fully saturated rings. The summed E-state index contributed by atoms with van der Waals surface area (Å²) in [6, 6.07) is 0.350. The van der Waals surface area contributed by atoms with Crippen LogP contribution in [0.25, 0.3) is 0 Å². The Labute approximate surface area is 98.5 Å². The van der Waals surface area contributed by atoms with Gasteiger partial charge in [-0.15, -0.1) is 0 Å². The summed E-state index contributed by atoms with van der Waals surface area (Å²) in [5.74, 6) is 0.883. The van der Waals surface area contributed by atoms with E-state index in [9.17, 15) is 0 Å². The number of aromatic nitrogens is 2. The first-order chi connectivity index (χ1) is 7.16. The van der Waals surface area contributed by atoms with Gasteiger partial charge in [-0.25, -0.2) is 9.97 Å². The van der Waals surface area contributed by atoms with Gasteiger partial charge in [0, 0.05) is 25.4 Å². The van der Waals surface area contributed by atoms with Gasteiger partial charge in [0.1, 0.15) is 12.1 Å². The molecule has 84 valence electrons. The SMILES string of the molecule is CC(C)N(CCCO)c1ncncc1Br. The number of rotatable bonds is 5. The molecule has 1 aromatic rings. The van der Waals surface area contributed by atoms with Gasteiger partial charge in [0.2, 0.25) is 0 Å². The molecule has 0 bridgehead atoms. The molecule has 0 aliphatic carbocycles. The van der Waals surface area contributed by atoms with Crippen LogP contribution in [0.3, 0.4) is 0 Å². The first kappa shape index (κ1) is 12.4. The fourth-order valence-corrected chi connectivity index (χ4v) is 1.82. The Morgan fingerprint density at radius 1 is 1.53 bits per heavy atom. The summed E-state index contributed by atoms with van der Waals surface area (Å²) in [6.07, 6.45) is 4.01. The monoisotopic (exact) mass is 273 g/mol. The topological polar surface area (TPSA) is 49.2 Å². The summed E-state index contributed by atoms with van der Waals surface area (Å²) in [6.45, 7) is 5.20. The lowest BCUT2D eigenvalue weighted by atomic mass is 10.3. The van der Waals surface area contributed by atoms with Gasteiger partial charge in [0.15, 0.2) is 0 Å². The molecule has 0 spiro atoms. The van der Waals surface area contributed by atoms with Gasteiger partial charge < -0.3 is 10.0 Å². The van der Waals surface area contributed by atoms with Crippen molar-refractivity contribution in [2.45, 2.75) is 26.3 Å². The average Bonchev–Trinajstić information content (AvgIpc) is 2.20. The minimum atomic E-state index is 0.200. The molecule has 0 aliphatic heterocycles. The van der Waals surface area contributed by atoms with E-state index in [0.717, 1.165) is 23.3 Å². The quantitative estimate of drug-likeness (QED) is 0.890. The Bertz CT molecular complexity index is 306. The van der Waals surface area contributed by atoms with Crippen molar-refractivity contribution in [3.63, 3.8) is 0 Å². The third-order valence-corrected chi connectivity index (χ3v) is 2.66. The molecule has 5 heteroatoms. The van der Waals surface area contributed by atoms with Crippen molar-refractivity contribution in [3.05, 3.63) is 17.0 Å². The van der Waals surface area contributed by atoms with Crippen molar-refractivity contribution < 1.29 is 5.11 Å². The Balaban J connectivity index is 2.84. The van der Waals surface area contributed by atoms with E-state index in [2.05, 4.69) is 44.6 Å². The predicted octanol–water partition coefficient (Wildman–Crippen LogP) is 1.84. The normalized spacial score (nSPS) is 10.7. The van der Waals surface area contributed by atoms with Gasteiger partial charge in [-0.3, -0.25) is 0 Å². The second-order valence-electron chi connectivity index (χ2n) is 3.56. The molecule has 0 saturated carbocycles. The highest BCUT2D eigenvalue weighted by molar-refractivity contribution is 9.10. The number of halogens is 1. The molecule has 0 radical (unpaired) electrons. The number of nitrogens with zero attached hydrogens (tertiary/aromatic N) is 3. The molecule has 0 saturated heterocycles. The van der Waals surface area contributed by atoms with Crippen LogP contribution < -0.4 is 4.90 Å². The van der Waals surface area contributed by atoms with Crippen LogP contribution in [0.15, 0.2) is 17.0 Å². The van der Waals surface area contributed by atoms with Gasteiger partial charge >= 0.3 is 0 Å². The molecule has 4 nitrogen and oxygen atoms in total. The lowest BCUT2D eigenvalue weighted by Gasteiger charge is -2.28.